The Morgan fingerprint density at radius 1 is 0.857 bits per heavy atom. The van der Waals surface area contributed by atoms with Crippen molar-refractivity contribution in [2.75, 3.05) is 0 Å². The van der Waals surface area contributed by atoms with Crippen molar-refractivity contribution < 1.29 is 9.13 Å². The van der Waals surface area contributed by atoms with Gasteiger partial charge in [-0.1, -0.05) is 34.6 Å². The molecule has 0 amide bonds. The number of imidazole rings is 2. The van der Waals surface area contributed by atoms with Crippen molar-refractivity contribution in [3.8, 4) is 0 Å². The van der Waals surface area contributed by atoms with Crippen LogP contribution in [0.15, 0.2) is 25.0 Å². The highest BCUT2D eigenvalue weighted by atomic mass is 15.1. The summed E-state index contributed by atoms with van der Waals surface area (Å²) < 4.78 is 4.58. The molecule has 0 saturated heterocycles. The lowest BCUT2D eigenvalue weighted by molar-refractivity contribution is -0.736. The van der Waals surface area contributed by atoms with Crippen LogP contribution in [0.5, 0.6) is 0 Å². The lowest BCUT2D eigenvalue weighted by Gasteiger charge is -2.09. The van der Waals surface area contributed by atoms with Gasteiger partial charge in [0.2, 0.25) is 12.7 Å². The molecule has 0 aliphatic rings. The molecule has 0 aliphatic heterocycles. The molecule has 2 N–H and O–H groups in total. The molecule has 116 valence electrons. The Balaban J connectivity index is 1.98. The lowest BCUT2D eigenvalue weighted by Crippen LogP contribution is -2.42. The van der Waals surface area contributed by atoms with Gasteiger partial charge in [-0.25, -0.2) is 19.1 Å². The summed E-state index contributed by atoms with van der Waals surface area (Å²) in [5.41, 5.74) is 2.61. The van der Waals surface area contributed by atoms with E-state index in [-0.39, 0.29) is 0 Å². The molecular weight excluding hydrogens is 260 g/mol. The highest BCUT2D eigenvalue weighted by molar-refractivity contribution is 4.96. The van der Waals surface area contributed by atoms with Gasteiger partial charge in [-0.2, -0.15) is 0 Å². The first-order valence-electron chi connectivity index (χ1n) is 8.14. The predicted octanol–water partition coefficient (Wildman–Crippen LogP) is 2.89. The van der Waals surface area contributed by atoms with Crippen molar-refractivity contribution in [2.45, 2.75) is 66.0 Å². The van der Waals surface area contributed by atoms with Gasteiger partial charge in [-0.15, -0.1) is 0 Å². The van der Waals surface area contributed by atoms with E-state index in [1.165, 1.54) is 17.8 Å². The van der Waals surface area contributed by atoms with Crippen molar-refractivity contribution in [2.24, 2.45) is 5.92 Å². The van der Waals surface area contributed by atoms with Gasteiger partial charge in [0.1, 0.15) is 23.8 Å². The zero-order valence-electron chi connectivity index (χ0n) is 14.1. The van der Waals surface area contributed by atoms with E-state index in [0.717, 1.165) is 13.1 Å². The molecule has 0 bridgehead atoms. The van der Waals surface area contributed by atoms with Crippen LogP contribution in [0.4, 0.5) is 0 Å². The van der Waals surface area contributed by atoms with Crippen LogP contribution in [0, 0.1) is 5.92 Å². The summed E-state index contributed by atoms with van der Waals surface area (Å²) in [5, 5.41) is 0. The van der Waals surface area contributed by atoms with Gasteiger partial charge in [0, 0.05) is 17.8 Å². The molecule has 0 spiro atoms. The molecule has 2 aromatic heterocycles. The second-order valence-corrected chi connectivity index (χ2v) is 6.69. The standard InChI is InChI=1S/C17H28N4/c1-6-15(7-20-9-16(13(2)3)18-11-20)8-21-10-17(14(4)5)19-12-21/h9-15H,6-8H2,1-5H3/p+2. The van der Waals surface area contributed by atoms with Crippen LogP contribution in [-0.2, 0) is 13.1 Å². The highest BCUT2D eigenvalue weighted by Gasteiger charge is 2.18. The van der Waals surface area contributed by atoms with Gasteiger partial charge in [0.05, 0.1) is 13.1 Å². The second-order valence-electron chi connectivity index (χ2n) is 6.69. The van der Waals surface area contributed by atoms with Crippen LogP contribution in [0.2, 0.25) is 0 Å². The molecule has 0 saturated carbocycles. The molecule has 2 heterocycles. The number of hydrogen-bond donors (Lipinski definition) is 2. The summed E-state index contributed by atoms with van der Waals surface area (Å²) in [6.45, 7) is 13.3. The third-order valence-electron chi connectivity index (χ3n) is 4.16. The largest absolute Gasteiger partial charge is 0.247 e. The van der Waals surface area contributed by atoms with E-state index in [4.69, 9.17) is 0 Å². The average molecular weight is 290 g/mol. The van der Waals surface area contributed by atoms with Crippen LogP contribution >= 0.6 is 0 Å². The van der Waals surface area contributed by atoms with E-state index in [9.17, 15) is 0 Å². The highest BCUT2D eigenvalue weighted by Crippen LogP contribution is 2.10. The Labute approximate surface area is 128 Å². The first-order chi connectivity index (χ1) is 9.99. The minimum Gasteiger partial charge on any atom is -0.247 e. The zero-order chi connectivity index (χ0) is 15.4. The first-order valence-corrected chi connectivity index (χ1v) is 8.14. The first kappa shape index (κ1) is 15.8. The van der Waals surface area contributed by atoms with E-state index >= 15 is 0 Å². The summed E-state index contributed by atoms with van der Waals surface area (Å²) in [6, 6.07) is 0. The fraction of sp³-hybridized carbons (Fsp3) is 0.647. The van der Waals surface area contributed by atoms with Crippen LogP contribution in [0.25, 0.3) is 0 Å². The quantitative estimate of drug-likeness (QED) is 0.736. The van der Waals surface area contributed by atoms with Crippen molar-refractivity contribution >= 4 is 0 Å². The smallest absolute Gasteiger partial charge is 0.241 e. The van der Waals surface area contributed by atoms with Crippen molar-refractivity contribution in [3.63, 3.8) is 0 Å². The minimum atomic E-state index is 0.555. The lowest BCUT2D eigenvalue weighted by atomic mass is 10.1. The van der Waals surface area contributed by atoms with Crippen molar-refractivity contribution in [3.05, 3.63) is 36.4 Å². The Morgan fingerprint density at radius 3 is 1.57 bits per heavy atom. The van der Waals surface area contributed by atoms with Crippen LogP contribution < -0.4 is 9.13 Å². The third-order valence-corrected chi connectivity index (χ3v) is 4.16. The van der Waals surface area contributed by atoms with Gasteiger partial charge < -0.3 is 0 Å². The van der Waals surface area contributed by atoms with Gasteiger partial charge in [-0.3, -0.25) is 0 Å². The molecule has 21 heavy (non-hydrogen) atoms. The Morgan fingerprint density at radius 2 is 1.29 bits per heavy atom. The van der Waals surface area contributed by atoms with E-state index in [2.05, 4.69) is 78.8 Å². The normalized spacial score (nSPS) is 12.0. The summed E-state index contributed by atoms with van der Waals surface area (Å²) in [5.74, 6) is 1.75. The number of aromatic amines is 2. The third kappa shape index (κ3) is 4.19. The maximum absolute atomic E-state index is 3.37. The molecule has 0 fully saturated rings. The molecule has 0 atom stereocenters. The number of nitrogens with zero attached hydrogens (tertiary/aromatic N) is 2. The minimum absolute atomic E-state index is 0.555. The molecule has 0 aliphatic carbocycles. The zero-order valence-corrected chi connectivity index (χ0v) is 14.1. The van der Waals surface area contributed by atoms with E-state index in [0.29, 0.717) is 17.8 Å². The number of H-pyrrole nitrogens is 2. The van der Waals surface area contributed by atoms with Gasteiger partial charge in [-0.05, 0) is 6.42 Å². The fourth-order valence-corrected chi connectivity index (χ4v) is 2.58. The number of rotatable bonds is 7. The molecule has 2 rings (SSSR count). The molecule has 0 unspecified atom stereocenters. The molecule has 0 radical (unpaired) electrons. The molecule has 2 aromatic rings. The van der Waals surface area contributed by atoms with E-state index in [1.54, 1.807) is 0 Å². The molecule has 4 nitrogen and oxygen atoms in total. The summed E-state index contributed by atoms with van der Waals surface area (Å²) >= 11 is 0. The van der Waals surface area contributed by atoms with Crippen LogP contribution in [0.1, 0.15) is 64.3 Å². The number of nitrogens with one attached hydrogen (secondary N) is 2. The second kappa shape index (κ2) is 6.92. The average Bonchev–Trinajstić information content (AvgIpc) is 3.07. The Hall–Kier alpha value is -1.58. The SMILES string of the molecule is CCC(C[n+]1c[nH]c(C(C)C)c1)C[n+]1c[nH]c(C(C)C)c1. The van der Waals surface area contributed by atoms with Crippen molar-refractivity contribution in [1.29, 1.82) is 0 Å². The van der Waals surface area contributed by atoms with Crippen LogP contribution in [-0.4, -0.2) is 9.97 Å². The molecular formula is C17H30N4+2. The van der Waals surface area contributed by atoms with E-state index < -0.39 is 0 Å². The summed E-state index contributed by atoms with van der Waals surface area (Å²) in [4.78, 5) is 6.74. The van der Waals surface area contributed by atoms with Gasteiger partial charge in [0.25, 0.3) is 0 Å². The summed E-state index contributed by atoms with van der Waals surface area (Å²) in [6.07, 6.45) is 9.87. The predicted molar refractivity (Wildman–Crippen MR) is 83.9 cm³/mol. The Bertz CT molecular complexity index is 502. The molecule has 0 aromatic carbocycles. The van der Waals surface area contributed by atoms with Crippen LogP contribution in [0.3, 0.4) is 0 Å². The number of aromatic nitrogens is 4. The molecule has 4 heteroatoms. The van der Waals surface area contributed by atoms with Gasteiger partial charge >= 0.3 is 0 Å². The van der Waals surface area contributed by atoms with Crippen molar-refractivity contribution in [1.82, 2.24) is 9.97 Å². The summed E-state index contributed by atoms with van der Waals surface area (Å²) in [7, 11) is 0. The van der Waals surface area contributed by atoms with Gasteiger partial charge in [0.15, 0.2) is 0 Å². The van der Waals surface area contributed by atoms with E-state index in [1.807, 2.05) is 0 Å². The maximum Gasteiger partial charge on any atom is 0.241 e. The Kier molecular flexibility index (Phi) is 5.21. The topological polar surface area (TPSA) is 39.3 Å². The number of hydrogen-bond acceptors (Lipinski definition) is 0. The fourth-order valence-electron chi connectivity index (χ4n) is 2.58. The maximum atomic E-state index is 3.37. The monoisotopic (exact) mass is 290 g/mol.